The number of phenols is 1. The number of rotatable bonds is 4. The Morgan fingerprint density at radius 3 is 2.94 bits per heavy atom. The van der Waals surface area contributed by atoms with Gasteiger partial charge in [-0.1, -0.05) is 0 Å². The lowest BCUT2D eigenvalue weighted by Gasteiger charge is -2.08. The molecule has 0 aliphatic carbocycles. The summed E-state index contributed by atoms with van der Waals surface area (Å²) in [6.45, 7) is -0.0237. The van der Waals surface area contributed by atoms with Crippen molar-refractivity contribution in [1.29, 1.82) is 0 Å². The molecule has 0 amide bonds. The number of benzene rings is 1. The van der Waals surface area contributed by atoms with Gasteiger partial charge in [0.15, 0.2) is 23.1 Å². The van der Waals surface area contributed by atoms with E-state index in [4.69, 9.17) is 14.6 Å². The number of fused-ring (bicyclic) bond motifs is 1. The number of ether oxygens (including phenoxy) is 2. The molecule has 5 nitrogen and oxygen atoms in total. The van der Waals surface area contributed by atoms with Crippen molar-refractivity contribution in [2.45, 2.75) is 19.3 Å². The number of phenolic OH excluding ortho intramolecular Hbond substituents is 1. The van der Waals surface area contributed by atoms with Crippen LogP contribution in [-0.4, -0.2) is 23.0 Å². The Bertz CT molecular complexity index is 458. The van der Waals surface area contributed by atoms with Crippen LogP contribution in [0.25, 0.3) is 0 Å². The fourth-order valence-corrected chi connectivity index (χ4v) is 1.71. The highest BCUT2D eigenvalue weighted by Gasteiger charge is 2.24. The minimum absolute atomic E-state index is 0.0237. The van der Waals surface area contributed by atoms with Crippen molar-refractivity contribution in [1.82, 2.24) is 0 Å². The number of carbonyl (C=O) groups is 1. The fourth-order valence-electron chi connectivity index (χ4n) is 1.71. The zero-order valence-corrected chi connectivity index (χ0v) is 8.90. The van der Waals surface area contributed by atoms with Gasteiger partial charge in [0.25, 0.3) is 0 Å². The molecule has 6 heteroatoms. The number of carboxylic acids is 1. The van der Waals surface area contributed by atoms with Crippen molar-refractivity contribution in [3.05, 3.63) is 17.4 Å². The summed E-state index contributed by atoms with van der Waals surface area (Å²) >= 11 is 0. The highest BCUT2D eigenvalue weighted by Crippen LogP contribution is 2.41. The summed E-state index contributed by atoms with van der Waals surface area (Å²) in [5.41, 5.74) is 0.166. The summed E-state index contributed by atoms with van der Waals surface area (Å²) < 4.78 is 23.8. The van der Waals surface area contributed by atoms with Gasteiger partial charge in [0.2, 0.25) is 6.79 Å². The molecule has 0 bridgehead atoms. The first-order valence-corrected chi connectivity index (χ1v) is 5.11. The molecular weight excluding hydrogens is 231 g/mol. The highest BCUT2D eigenvalue weighted by atomic mass is 19.1. The standard InChI is InChI=1S/C11H11FO5/c12-10-6(2-1-3-9(14)15)11-8(4-7(10)13)16-5-17-11/h4,13H,1-3,5H2,(H,14,15). The van der Waals surface area contributed by atoms with Gasteiger partial charge in [0.05, 0.1) is 0 Å². The van der Waals surface area contributed by atoms with Crippen molar-refractivity contribution >= 4 is 5.97 Å². The first-order chi connectivity index (χ1) is 8.09. The maximum atomic E-state index is 13.6. The Hall–Kier alpha value is -1.98. The van der Waals surface area contributed by atoms with Crippen molar-refractivity contribution in [2.24, 2.45) is 0 Å². The predicted octanol–water partition coefficient (Wildman–Crippen LogP) is 1.67. The first-order valence-electron chi connectivity index (χ1n) is 5.11. The van der Waals surface area contributed by atoms with E-state index in [1.54, 1.807) is 0 Å². The van der Waals surface area contributed by atoms with E-state index >= 15 is 0 Å². The number of aliphatic carboxylic acids is 1. The maximum absolute atomic E-state index is 13.6. The average Bonchev–Trinajstić information content (AvgIpc) is 2.70. The van der Waals surface area contributed by atoms with Crippen LogP contribution in [0.2, 0.25) is 0 Å². The molecule has 1 aliphatic heterocycles. The van der Waals surface area contributed by atoms with Crippen molar-refractivity contribution in [3.8, 4) is 17.2 Å². The monoisotopic (exact) mass is 242 g/mol. The molecule has 2 rings (SSSR count). The number of aromatic hydroxyl groups is 1. The minimum Gasteiger partial charge on any atom is -0.505 e. The quantitative estimate of drug-likeness (QED) is 0.839. The Labute approximate surface area is 96.4 Å². The molecule has 0 unspecified atom stereocenters. The maximum Gasteiger partial charge on any atom is 0.303 e. The summed E-state index contributed by atoms with van der Waals surface area (Å²) in [7, 11) is 0. The SMILES string of the molecule is O=C(O)CCCc1c(F)c(O)cc2c1OCO2. The van der Waals surface area contributed by atoms with Gasteiger partial charge in [-0.3, -0.25) is 4.79 Å². The third-order valence-corrected chi connectivity index (χ3v) is 2.49. The van der Waals surface area contributed by atoms with E-state index in [0.717, 1.165) is 6.07 Å². The van der Waals surface area contributed by atoms with Gasteiger partial charge >= 0.3 is 5.97 Å². The third kappa shape index (κ3) is 2.25. The Morgan fingerprint density at radius 1 is 1.47 bits per heavy atom. The van der Waals surface area contributed by atoms with E-state index in [9.17, 15) is 14.3 Å². The first kappa shape index (κ1) is 11.5. The van der Waals surface area contributed by atoms with E-state index in [2.05, 4.69) is 0 Å². The van der Waals surface area contributed by atoms with Crippen LogP contribution < -0.4 is 9.47 Å². The molecule has 0 radical (unpaired) electrons. The van der Waals surface area contributed by atoms with Gasteiger partial charge in [0, 0.05) is 18.1 Å². The summed E-state index contributed by atoms with van der Waals surface area (Å²) in [5.74, 6) is -1.70. The summed E-state index contributed by atoms with van der Waals surface area (Å²) in [6.07, 6.45) is 0.383. The molecule has 0 atom stereocenters. The molecule has 1 aliphatic rings. The largest absolute Gasteiger partial charge is 0.505 e. The normalized spacial score (nSPS) is 12.8. The predicted molar refractivity (Wildman–Crippen MR) is 54.8 cm³/mol. The molecule has 92 valence electrons. The molecule has 2 N–H and O–H groups in total. The zero-order valence-electron chi connectivity index (χ0n) is 8.90. The lowest BCUT2D eigenvalue weighted by molar-refractivity contribution is -0.137. The van der Waals surface area contributed by atoms with Gasteiger partial charge in [-0.2, -0.15) is 0 Å². The Morgan fingerprint density at radius 2 is 2.24 bits per heavy atom. The Kier molecular flexibility index (Phi) is 3.03. The average molecular weight is 242 g/mol. The van der Waals surface area contributed by atoms with Crippen LogP contribution in [0.15, 0.2) is 6.07 Å². The van der Waals surface area contributed by atoms with Crippen LogP contribution in [0.4, 0.5) is 4.39 Å². The van der Waals surface area contributed by atoms with Gasteiger partial charge in [-0.25, -0.2) is 4.39 Å². The second-order valence-corrected chi connectivity index (χ2v) is 3.67. The summed E-state index contributed by atoms with van der Waals surface area (Å²) in [4.78, 5) is 10.4. The van der Waals surface area contributed by atoms with Gasteiger partial charge in [0.1, 0.15) is 0 Å². The van der Waals surface area contributed by atoms with Gasteiger partial charge < -0.3 is 19.7 Å². The molecule has 0 spiro atoms. The van der Waals surface area contributed by atoms with E-state index in [1.165, 1.54) is 0 Å². The number of hydrogen-bond acceptors (Lipinski definition) is 4. The van der Waals surface area contributed by atoms with Crippen LogP contribution in [0.1, 0.15) is 18.4 Å². The van der Waals surface area contributed by atoms with E-state index < -0.39 is 17.5 Å². The summed E-state index contributed by atoms with van der Waals surface area (Å²) in [6, 6.07) is 1.15. The molecule has 1 aromatic carbocycles. The lowest BCUT2D eigenvalue weighted by Crippen LogP contribution is -1.99. The van der Waals surface area contributed by atoms with E-state index in [0.29, 0.717) is 0 Å². The third-order valence-electron chi connectivity index (χ3n) is 2.49. The Balaban J connectivity index is 2.23. The molecule has 1 heterocycles. The summed E-state index contributed by atoms with van der Waals surface area (Å²) in [5, 5.41) is 17.9. The number of hydrogen-bond donors (Lipinski definition) is 2. The topological polar surface area (TPSA) is 76.0 Å². The van der Waals surface area contributed by atoms with Crippen LogP contribution in [0.3, 0.4) is 0 Å². The van der Waals surface area contributed by atoms with E-state index in [1.807, 2.05) is 0 Å². The van der Waals surface area contributed by atoms with Gasteiger partial charge in [-0.15, -0.1) is 0 Å². The second-order valence-electron chi connectivity index (χ2n) is 3.67. The minimum atomic E-state index is -0.945. The van der Waals surface area contributed by atoms with Crippen LogP contribution in [-0.2, 0) is 11.2 Å². The van der Waals surface area contributed by atoms with E-state index in [-0.39, 0.29) is 43.1 Å². The lowest BCUT2D eigenvalue weighted by atomic mass is 10.1. The molecule has 17 heavy (non-hydrogen) atoms. The van der Waals surface area contributed by atoms with Crippen LogP contribution in [0, 0.1) is 5.82 Å². The zero-order chi connectivity index (χ0) is 12.4. The molecule has 0 saturated carbocycles. The number of carboxylic acid groups (broad SMARTS) is 1. The molecule has 0 aromatic heterocycles. The number of halogens is 1. The molecular formula is C11H11FO5. The molecule has 0 fully saturated rings. The highest BCUT2D eigenvalue weighted by molar-refractivity contribution is 5.66. The van der Waals surface area contributed by atoms with Crippen LogP contribution >= 0.6 is 0 Å². The molecule has 1 aromatic rings. The molecule has 0 saturated heterocycles. The van der Waals surface area contributed by atoms with Crippen molar-refractivity contribution < 1.29 is 28.9 Å². The van der Waals surface area contributed by atoms with Crippen molar-refractivity contribution in [3.63, 3.8) is 0 Å². The van der Waals surface area contributed by atoms with Gasteiger partial charge in [-0.05, 0) is 12.8 Å². The van der Waals surface area contributed by atoms with Crippen molar-refractivity contribution in [2.75, 3.05) is 6.79 Å². The second kappa shape index (κ2) is 4.48. The fraction of sp³-hybridized carbons (Fsp3) is 0.364. The van der Waals surface area contributed by atoms with Crippen LogP contribution in [0.5, 0.6) is 17.2 Å². The smallest absolute Gasteiger partial charge is 0.303 e.